The Morgan fingerprint density at radius 1 is 1.36 bits per heavy atom. The highest BCUT2D eigenvalue weighted by atomic mass is 35.5. The van der Waals surface area contributed by atoms with Crippen LogP contribution in [-0.4, -0.2) is 47.8 Å². The van der Waals surface area contributed by atoms with Crippen molar-refractivity contribution in [3.63, 3.8) is 0 Å². The first-order valence-electron chi connectivity index (χ1n) is 11.0. The number of fused-ring (bicyclic) bond motifs is 1. The summed E-state index contributed by atoms with van der Waals surface area (Å²) < 4.78 is 5.36. The minimum absolute atomic E-state index is 0.101. The minimum atomic E-state index is -0.508. The fourth-order valence-electron chi connectivity index (χ4n) is 4.14. The molecule has 0 saturated carbocycles. The number of rotatable bonds is 6. The Labute approximate surface area is 201 Å². The molecule has 8 nitrogen and oxygen atoms in total. The van der Waals surface area contributed by atoms with E-state index in [9.17, 15) is 14.4 Å². The fourth-order valence-corrected chi connectivity index (χ4v) is 5.33. The number of thiazole rings is 1. The van der Waals surface area contributed by atoms with Gasteiger partial charge in [0.25, 0.3) is 0 Å². The predicted octanol–water partition coefficient (Wildman–Crippen LogP) is 3.73. The van der Waals surface area contributed by atoms with Gasteiger partial charge in [0.15, 0.2) is 5.13 Å². The molecule has 1 fully saturated rings. The number of ether oxygens (including phenoxy) is 1. The van der Waals surface area contributed by atoms with E-state index in [1.165, 1.54) is 18.4 Å². The highest BCUT2D eigenvalue weighted by Gasteiger charge is 2.37. The molecule has 1 aromatic carbocycles. The summed E-state index contributed by atoms with van der Waals surface area (Å²) in [6.45, 7) is 5.47. The highest BCUT2D eigenvalue weighted by Crippen LogP contribution is 2.36. The van der Waals surface area contributed by atoms with Gasteiger partial charge < -0.3 is 19.9 Å². The first-order chi connectivity index (χ1) is 15.7. The van der Waals surface area contributed by atoms with E-state index in [4.69, 9.17) is 16.3 Å². The molecule has 0 radical (unpaired) electrons. The van der Waals surface area contributed by atoms with E-state index in [-0.39, 0.29) is 30.7 Å². The van der Waals surface area contributed by atoms with Gasteiger partial charge in [-0.25, -0.2) is 4.98 Å². The van der Waals surface area contributed by atoms with E-state index >= 15 is 0 Å². The molecule has 4 rings (SSSR count). The third-order valence-corrected chi connectivity index (χ3v) is 7.06. The molecule has 2 aliphatic rings. The van der Waals surface area contributed by atoms with Crippen LogP contribution in [0.5, 0.6) is 5.75 Å². The Morgan fingerprint density at radius 3 is 2.88 bits per heavy atom. The van der Waals surface area contributed by atoms with Gasteiger partial charge in [0.2, 0.25) is 17.7 Å². The number of hydrogen-bond donors (Lipinski definition) is 1. The van der Waals surface area contributed by atoms with Crippen LogP contribution in [0.3, 0.4) is 0 Å². The Balaban J connectivity index is 1.41. The second-order valence-electron chi connectivity index (χ2n) is 8.76. The van der Waals surface area contributed by atoms with Crippen molar-refractivity contribution in [3.8, 4) is 5.75 Å². The summed E-state index contributed by atoms with van der Waals surface area (Å²) in [5.41, 5.74) is 1.48. The number of halogens is 1. The first kappa shape index (κ1) is 23.5. The van der Waals surface area contributed by atoms with E-state index in [1.807, 2.05) is 18.7 Å². The molecule has 1 aromatic heterocycles. The molecular weight excluding hydrogens is 464 g/mol. The van der Waals surface area contributed by atoms with Crippen LogP contribution < -0.4 is 15.0 Å². The van der Waals surface area contributed by atoms with Gasteiger partial charge in [-0.3, -0.25) is 14.4 Å². The number of carbonyl (C=O) groups is 3. The van der Waals surface area contributed by atoms with Gasteiger partial charge in [-0.1, -0.05) is 36.8 Å². The van der Waals surface area contributed by atoms with Crippen molar-refractivity contribution in [2.75, 3.05) is 30.4 Å². The summed E-state index contributed by atoms with van der Waals surface area (Å²) in [5, 5.41) is 3.87. The monoisotopic (exact) mass is 490 g/mol. The van der Waals surface area contributed by atoms with Crippen molar-refractivity contribution >= 4 is 51.5 Å². The van der Waals surface area contributed by atoms with E-state index in [2.05, 4.69) is 10.3 Å². The Morgan fingerprint density at radius 2 is 2.15 bits per heavy atom. The highest BCUT2D eigenvalue weighted by molar-refractivity contribution is 7.15. The zero-order valence-corrected chi connectivity index (χ0v) is 20.5. The molecule has 2 aromatic rings. The van der Waals surface area contributed by atoms with Crippen LogP contribution >= 0.6 is 22.9 Å². The number of benzene rings is 1. The van der Waals surface area contributed by atoms with Gasteiger partial charge in [0.1, 0.15) is 5.75 Å². The van der Waals surface area contributed by atoms with Crippen molar-refractivity contribution < 1.29 is 19.1 Å². The number of nitrogens with zero attached hydrogens (tertiary/aromatic N) is 3. The Bertz CT molecular complexity index is 1090. The average molecular weight is 491 g/mol. The van der Waals surface area contributed by atoms with Crippen LogP contribution in [0.25, 0.3) is 0 Å². The van der Waals surface area contributed by atoms with Crippen LogP contribution in [0.1, 0.15) is 37.3 Å². The topological polar surface area (TPSA) is 91.8 Å². The minimum Gasteiger partial charge on any atom is -0.495 e. The van der Waals surface area contributed by atoms with Gasteiger partial charge in [-0.15, -0.1) is 0 Å². The zero-order chi connectivity index (χ0) is 23.7. The maximum Gasteiger partial charge on any atom is 0.231 e. The number of anilines is 2. The number of hydrogen-bond acceptors (Lipinski definition) is 6. The van der Waals surface area contributed by atoms with Crippen molar-refractivity contribution in [1.29, 1.82) is 0 Å². The maximum atomic E-state index is 12.9. The first-order valence-corrected chi connectivity index (χ1v) is 12.2. The van der Waals surface area contributed by atoms with Gasteiger partial charge in [0, 0.05) is 42.3 Å². The van der Waals surface area contributed by atoms with Crippen molar-refractivity contribution in [2.24, 2.45) is 11.8 Å². The maximum absolute atomic E-state index is 12.9. The number of aromatic nitrogens is 1. The molecule has 33 heavy (non-hydrogen) atoms. The zero-order valence-electron chi connectivity index (χ0n) is 18.9. The van der Waals surface area contributed by atoms with Gasteiger partial charge in [-0.05, 0) is 24.1 Å². The summed E-state index contributed by atoms with van der Waals surface area (Å²) in [5.74, 6) is 0.0785. The summed E-state index contributed by atoms with van der Waals surface area (Å²) in [4.78, 5) is 46.9. The van der Waals surface area contributed by atoms with Crippen LogP contribution in [0.15, 0.2) is 18.2 Å². The normalized spacial score (nSPS) is 18.0. The van der Waals surface area contributed by atoms with E-state index in [1.54, 1.807) is 23.1 Å². The molecule has 176 valence electrons. The molecule has 1 unspecified atom stereocenters. The predicted molar refractivity (Wildman–Crippen MR) is 128 cm³/mol. The number of carbonyl (C=O) groups excluding carboxylic acids is 3. The molecule has 1 N–H and O–H groups in total. The molecule has 3 amide bonds. The summed E-state index contributed by atoms with van der Waals surface area (Å²) in [7, 11) is 1.53. The van der Waals surface area contributed by atoms with Gasteiger partial charge >= 0.3 is 0 Å². The molecule has 0 bridgehead atoms. The largest absolute Gasteiger partial charge is 0.495 e. The molecule has 0 spiro atoms. The van der Waals surface area contributed by atoms with Gasteiger partial charge in [0.05, 0.1) is 31.0 Å². The number of amides is 3. The van der Waals surface area contributed by atoms with Crippen molar-refractivity contribution in [1.82, 2.24) is 9.88 Å². The SMILES string of the molecule is COc1ccc(Cl)cc1N1CC(C(=O)Nc2nc3c(s2)CN(C(=O)CC(C)C)CC3)CC1=O. The van der Waals surface area contributed by atoms with Gasteiger partial charge in [-0.2, -0.15) is 0 Å². The molecule has 3 heterocycles. The molecule has 0 aliphatic carbocycles. The fraction of sp³-hybridized carbons (Fsp3) is 0.478. The van der Waals surface area contributed by atoms with Crippen LogP contribution in [0, 0.1) is 11.8 Å². The quantitative estimate of drug-likeness (QED) is 0.666. The van der Waals surface area contributed by atoms with Crippen molar-refractivity contribution in [2.45, 2.75) is 39.7 Å². The summed E-state index contributed by atoms with van der Waals surface area (Å²) >= 11 is 7.50. The number of methoxy groups -OCH3 is 1. The van der Waals surface area contributed by atoms with E-state index in [0.29, 0.717) is 53.4 Å². The lowest BCUT2D eigenvalue weighted by Gasteiger charge is -2.26. The number of nitrogens with one attached hydrogen (secondary N) is 1. The van der Waals surface area contributed by atoms with Crippen LogP contribution in [-0.2, 0) is 27.3 Å². The summed E-state index contributed by atoms with van der Waals surface area (Å²) in [6, 6.07) is 5.06. The average Bonchev–Trinajstić information content (AvgIpc) is 3.35. The lowest BCUT2D eigenvalue weighted by Crippen LogP contribution is -2.36. The molecular formula is C23H27ClN4O4S. The van der Waals surface area contributed by atoms with Crippen LogP contribution in [0.4, 0.5) is 10.8 Å². The molecule has 2 aliphatic heterocycles. The standard InChI is InChI=1S/C23H27ClN4O4S/c1-13(2)8-20(29)27-7-6-16-19(12-27)33-23(25-16)26-22(31)14-9-21(30)28(11-14)17-10-15(24)4-5-18(17)32-3/h4-5,10,13-14H,6-9,11-12H2,1-3H3,(H,25,26,31). The van der Waals surface area contributed by atoms with E-state index in [0.717, 1.165) is 10.6 Å². The second-order valence-corrected chi connectivity index (χ2v) is 10.3. The Hall–Kier alpha value is -2.65. The second kappa shape index (κ2) is 9.69. The summed E-state index contributed by atoms with van der Waals surface area (Å²) in [6.07, 6.45) is 1.31. The Kier molecular flexibility index (Phi) is 6.90. The third kappa shape index (κ3) is 5.14. The van der Waals surface area contributed by atoms with Crippen LogP contribution in [0.2, 0.25) is 5.02 Å². The van der Waals surface area contributed by atoms with Crippen molar-refractivity contribution in [3.05, 3.63) is 33.8 Å². The van der Waals surface area contributed by atoms with E-state index < -0.39 is 5.92 Å². The molecule has 10 heteroatoms. The smallest absolute Gasteiger partial charge is 0.231 e. The lowest BCUT2D eigenvalue weighted by molar-refractivity contribution is -0.132. The lowest BCUT2D eigenvalue weighted by atomic mass is 10.1. The third-order valence-electron chi connectivity index (χ3n) is 5.82. The molecule has 1 saturated heterocycles. The molecule has 1 atom stereocenters.